The van der Waals surface area contributed by atoms with Gasteiger partial charge in [0, 0.05) is 11.0 Å². The molecule has 4 nitrogen and oxygen atoms in total. The lowest BCUT2D eigenvalue weighted by atomic mass is 9.75. The molecule has 2 aromatic carbocycles. The largest absolute Gasteiger partial charge is 0.294 e. The van der Waals surface area contributed by atoms with E-state index >= 15 is 0 Å². The van der Waals surface area contributed by atoms with Crippen molar-refractivity contribution in [3.05, 3.63) is 70.8 Å². The fourth-order valence-corrected chi connectivity index (χ4v) is 5.13. The Morgan fingerprint density at radius 3 is 2.57 bits per heavy atom. The van der Waals surface area contributed by atoms with E-state index in [1.807, 2.05) is 30.3 Å². The minimum absolute atomic E-state index is 0.207. The highest BCUT2D eigenvalue weighted by molar-refractivity contribution is 8.15. The van der Waals surface area contributed by atoms with Gasteiger partial charge in [-0.2, -0.15) is 0 Å². The van der Waals surface area contributed by atoms with Gasteiger partial charge in [0.2, 0.25) is 5.91 Å². The maximum atomic E-state index is 13.4. The number of fused-ring (bicyclic) bond motifs is 1. The molecule has 2 unspecified atom stereocenters. The molecule has 4 rings (SSSR count). The second kappa shape index (κ2) is 7.55. The fraction of sp³-hybridized carbons (Fsp3) is 0.348. The summed E-state index contributed by atoms with van der Waals surface area (Å²) < 4.78 is 0. The van der Waals surface area contributed by atoms with Gasteiger partial charge in [0.1, 0.15) is 0 Å². The molecule has 1 fully saturated rings. The van der Waals surface area contributed by atoms with Gasteiger partial charge in [-0.15, -0.1) is 0 Å². The molecule has 1 aliphatic carbocycles. The molecule has 144 valence electrons. The standard InChI is InChI=1S/C23H23NO3S/c1-23(14-15-6-3-2-4-7-15)11-5-8-17-12-16(9-10-18(17)20(23)25)13-19-21(26)24-22(27)28-19/h2-4,6-7,9-10,12,19H,5,8,11,13-14H2,1H3,(H,24,26,27). The molecule has 0 saturated carbocycles. The van der Waals surface area contributed by atoms with E-state index in [-0.39, 0.29) is 22.2 Å². The number of hydrogen-bond acceptors (Lipinski definition) is 4. The van der Waals surface area contributed by atoms with Gasteiger partial charge in [0.25, 0.3) is 5.24 Å². The van der Waals surface area contributed by atoms with Crippen molar-refractivity contribution >= 4 is 28.7 Å². The van der Waals surface area contributed by atoms with Crippen LogP contribution in [0.4, 0.5) is 4.79 Å². The van der Waals surface area contributed by atoms with Gasteiger partial charge in [-0.3, -0.25) is 19.7 Å². The summed E-state index contributed by atoms with van der Waals surface area (Å²) in [7, 11) is 0. The first kappa shape index (κ1) is 18.9. The van der Waals surface area contributed by atoms with Crippen LogP contribution in [-0.2, 0) is 24.1 Å². The predicted octanol–water partition coefficient (Wildman–Crippen LogP) is 4.35. The van der Waals surface area contributed by atoms with E-state index in [0.29, 0.717) is 6.42 Å². The molecule has 0 bridgehead atoms. The number of nitrogens with one attached hydrogen (secondary N) is 1. The average Bonchev–Trinajstić information content (AvgIpc) is 2.92. The zero-order valence-corrected chi connectivity index (χ0v) is 16.7. The van der Waals surface area contributed by atoms with Crippen molar-refractivity contribution < 1.29 is 14.4 Å². The number of thioether (sulfide) groups is 1. The Labute approximate surface area is 169 Å². The molecule has 1 aliphatic heterocycles. The molecule has 0 spiro atoms. The van der Waals surface area contributed by atoms with Crippen molar-refractivity contribution in [2.24, 2.45) is 5.41 Å². The zero-order chi connectivity index (χ0) is 19.7. The minimum atomic E-state index is -0.401. The van der Waals surface area contributed by atoms with E-state index in [1.165, 1.54) is 5.56 Å². The third-order valence-corrected chi connectivity index (χ3v) is 6.74. The number of imide groups is 1. The minimum Gasteiger partial charge on any atom is -0.294 e. The summed E-state index contributed by atoms with van der Waals surface area (Å²) in [5.41, 5.74) is 3.66. The highest BCUT2D eigenvalue weighted by atomic mass is 32.2. The summed E-state index contributed by atoms with van der Waals surface area (Å²) in [5.74, 6) is -0.0185. The summed E-state index contributed by atoms with van der Waals surface area (Å²) in [6.07, 6.45) is 3.94. The average molecular weight is 394 g/mol. The van der Waals surface area contributed by atoms with Crippen molar-refractivity contribution in [2.75, 3.05) is 0 Å². The molecular formula is C23H23NO3S. The first-order valence-corrected chi connectivity index (χ1v) is 10.5. The Hall–Kier alpha value is -2.40. The molecule has 2 aromatic rings. The molecule has 2 amide bonds. The van der Waals surface area contributed by atoms with E-state index in [4.69, 9.17) is 0 Å². The molecule has 0 aromatic heterocycles. The summed E-state index contributed by atoms with van der Waals surface area (Å²) in [4.78, 5) is 36.6. The van der Waals surface area contributed by atoms with Crippen LogP contribution in [0.2, 0.25) is 0 Å². The highest BCUT2D eigenvalue weighted by Gasteiger charge is 2.37. The molecule has 1 saturated heterocycles. The topological polar surface area (TPSA) is 63.2 Å². The van der Waals surface area contributed by atoms with Crippen LogP contribution in [0.25, 0.3) is 0 Å². The third kappa shape index (κ3) is 3.76. The lowest BCUT2D eigenvalue weighted by molar-refractivity contribution is -0.118. The Morgan fingerprint density at radius 1 is 1.07 bits per heavy atom. The Kier molecular flexibility index (Phi) is 5.11. The molecule has 28 heavy (non-hydrogen) atoms. The lowest BCUT2D eigenvalue weighted by Gasteiger charge is -2.27. The van der Waals surface area contributed by atoms with Crippen LogP contribution in [0, 0.1) is 5.41 Å². The molecule has 2 atom stereocenters. The zero-order valence-electron chi connectivity index (χ0n) is 15.9. The van der Waals surface area contributed by atoms with Crippen molar-refractivity contribution in [2.45, 2.75) is 44.3 Å². The third-order valence-electron chi connectivity index (χ3n) is 5.76. The second-order valence-corrected chi connectivity index (χ2v) is 9.16. The van der Waals surface area contributed by atoms with Crippen molar-refractivity contribution in [1.82, 2.24) is 5.32 Å². The number of carbonyl (C=O) groups is 3. The summed E-state index contributed by atoms with van der Waals surface area (Å²) in [6.45, 7) is 2.08. The number of hydrogen-bond donors (Lipinski definition) is 1. The first-order chi connectivity index (χ1) is 13.4. The van der Waals surface area contributed by atoms with Crippen LogP contribution in [0.3, 0.4) is 0 Å². The van der Waals surface area contributed by atoms with Gasteiger partial charge in [-0.1, -0.05) is 67.2 Å². The Balaban J connectivity index is 1.57. The van der Waals surface area contributed by atoms with Crippen LogP contribution in [-0.4, -0.2) is 22.2 Å². The van der Waals surface area contributed by atoms with Crippen LogP contribution >= 0.6 is 11.8 Å². The number of ketones is 1. The summed E-state index contributed by atoms with van der Waals surface area (Å²) in [5, 5.41) is 1.67. The lowest BCUT2D eigenvalue weighted by Crippen LogP contribution is -2.30. The number of benzene rings is 2. The second-order valence-electron chi connectivity index (χ2n) is 7.98. The molecular weight excluding hydrogens is 370 g/mol. The van der Waals surface area contributed by atoms with Crippen LogP contribution in [0.5, 0.6) is 0 Å². The quantitative estimate of drug-likeness (QED) is 0.785. The van der Waals surface area contributed by atoms with E-state index in [9.17, 15) is 14.4 Å². The van der Waals surface area contributed by atoms with Crippen molar-refractivity contribution in [3.63, 3.8) is 0 Å². The fourth-order valence-electron chi connectivity index (χ4n) is 4.27. The normalized spacial score (nSPS) is 24.6. The first-order valence-electron chi connectivity index (χ1n) is 9.67. The van der Waals surface area contributed by atoms with E-state index in [2.05, 4.69) is 30.4 Å². The summed E-state index contributed by atoms with van der Waals surface area (Å²) in [6, 6.07) is 16.1. The van der Waals surface area contributed by atoms with Gasteiger partial charge < -0.3 is 0 Å². The van der Waals surface area contributed by atoms with E-state index in [0.717, 1.165) is 54.1 Å². The number of carbonyl (C=O) groups excluding carboxylic acids is 3. The Morgan fingerprint density at radius 2 is 1.86 bits per heavy atom. The van der Waals surface area contributed by atoms with Crippen molar-refractivity contribution in [3.8, 4) is 0 Å². The number of aryl methyl sites for hydroxylation is 1. The molecule has 2 aliphatic rings. The van der Waals surface area contributed by atoms with Gasteiger partial charge in [-0.05, 0) is 48.8 Å². The number of rotatable bonds is 4. The van der Waals surface area contributed by atoms with Gasteiger partial charge in [0.15, 0.2) is 5.78 Å². The molecule has 0 radical (unpaired) electrons. The highest BCUT2D eigenvalue weighted by Crippen LogP contribution is 2.37. The van der Waals surface area contributed by atoms with Gasteiger partial charge in [-0.25, -0.2) is 0 Å². The van der Waals surface area contributed by atoms with E-state index < -0.39 is 5.41 Å². The SMILES string of the molecule is CC1(Cc2ccccc2)CCCc2cc(CC3SC(=O)NC3=O)ccc2C1=O. The number of amides is 2. The Bertz CT molecular complexity index is 940. The maximum absolute atomic E-state index is 13.4. The molecule has 5 heteroatoms. The van der Waals surface area contributed by atoms with Crippen LogP contribution in [0.1, 0.15) is 46.8 Å². The molecule has 1 N–H and O–H groups in total. The van der Waals surface area contributed by atoms with Crippen LogP contribution in [0.15, 0.2) is 48.5 Å². The maximum Gasteiger partial charge on any atom is 0.286 e. The van der Waals surface area contributed by atoms with Gasteiger partial charge in [0.05, 0.1) is 5.25 Å². The monoisotopic (exact) mass is 393 g/mol. The van der Waals surface area contributed by atoms with Crippen LogP contribution < -0.4 is 5.32 Å². The predicted molar refractivity (Wildman–Crippen MR) is 111 cm³/mol. The summed E-state index contributed by atoms with van der Waals surface area (Å²) >= 11 is 1.05. The smallest absolute Gasteiger partial charge is 0.286 e. The molecule has 1 heterocycles. The van der Waals surface area contributed by atoms with Gasteiger partial charge >= 0.3 is 0 Å². The van der Waals surface area contributed by atoms with E-state index in [1.54, 1.807) is 0 Å². The van der Waals surface area contributed by atoms with Crippen molar-refractivity contribution in [1.29, 1.82) is 0 Å². The number of Topliss-reactive ketones (excluding diaryl/α,β-unsaturated/α-hetero) is 1.